The van der Waals surface area contributed by atoms with E-state index in [1.54, 1.807) is 0 Å². The fourth-order valence-corrected chi connectivity index (χ4v) is 3.54. The fourth-order valence-electron chi connectivity index (χ4n) is 2.25. The van der Waals surface area contributed by atoms with Gasteiger partial charge in [0.1, 0.15) is 0 Å². The molecule has 1 aromatic carbocycles. The van der Waals surface area contributed by atoms with Crippen molar-refractivity contribution in [2.45, 2.75) is 18.7 Å². The van der Waals surface area contributed by atoms with Crippen molar-refractivity contribution in [3.8, 4) is 6.07 Å². The summed E-state index contributed by atoms with van der Waals surface area (Å²) < 4.78 is 5.40. The Balaban J connectivity index is 1.71. The summed E-state index contributed by atoms with van der Waals surface area (Å²) in [6, 6.07) is 10.6. The highest BCUT2D eigenvalue weighted by atomic mass is 32.2. The van der Waals surface area contributed by atoms with Gasteiger partial charge in [0, 0.05) is 24.2 Å². The van der Waals surface area contributed by atoms with Crippen LogP contribution in [0.3, 0.4) is 0 Å². The Labute approximate surface area is 105 Å². The van der Waals surface area contributed by atoms with E-state index in [4.69, 9.17) is 10.00 Å². The summed E-state index contributed by atoms with van der Waals surface area (Å²) in [7, 11) is 0. The Hall–Kier alpha value is -1.02. The first-order valence-electron chi connectivity index (χ1n) is 5.79. The molecule has 2 aliphatic heterocycles. The molecule has 3 rings (SSSR count). The minimum absolute atomic E-state index is 0.448. The number of nitriles is 1. The molecule has 2 atom stereocenters. The molecule has 17 heavy (non-hydrogen) atoms. The average molecular weight is 246 g/mol. The third-order valence-electron chi connectivity index (χ3n) is 3.24. The molecule has 0 radical (unpaired) electrons. The molecule has 1 aromatic rings. The first-order valence-corrected chi connectivity index (χ1v) is 6.95. The lowest BCUT2D eigenvalue weighted by molar-refractivity contribution is 0.210. The van der Waals surface area contributed by atoms with Gasteiger partial charge in [-0.15, -0.1) is 11.8 Å². The predicted octanol–water partition coefficient (Wildman–Crippen LogP) is 1.83. The van der Waals surface area contributed by atoms with Crippen molar-refractivity contribution in [1.82, 2.24) is 4.90 Å². The number of nitrogens with zero attached hydrogens (tertiary/aromatic N) is 2. The smallest absolute Gasteiger partial charge is 0.0991 e. The van der Waals surface area contributed by atoms with Gasteiger partial charge in [0.25, 0.3) is 0 Å². The van der Waals surface area contributed by atoms with Crippen molar-refractivity contribution in [2.75, 3.05) is 18.2 Å². The van der Waals surface area contributed by atoms with Crippen LogP contribution in [0.2, 0.25) is 0 Å². The molecule has 88 valence electrons. The second kappa shape index (κ2) is 4.69. The van der Waals surface area contributed by atoms with Gasteiger partial charge >= 0.3 is 0 Å². The number of hydrogen-bond donors (Lipinski definition) is 0. The molecule has 0 bridgehead atoms. The van der Waals surface area contributed by atoms with Crippen LogP contribution in [0.5, 0.6) is 0 Å². The molecule has 2 unspecified atom stereocenters. The van der Waals surface area contributed by atoms with Gasteiger partial charge in [0.2, 0.25) is 0 Å². The number of benzene rings is 1. The minimum atomic E-state index is 0.448. The normalized spacial score (nSPS) is 27.9. The summed E-state index contributed by atoms with van der Waals surface area (Å²) in [5.74, 6) is 2.24. The second-order valence-electron chi connectivity index (χ2n) is 4.50. The summed E-state index contributed by atoms with van der Waals surface area (Å²) >= 11 is 1.97. The minimum Gasteiger partial charge on any atom is -0.371 e. The molecule has 3 nitrogen and oxygen atoms in total. The van der Waals surface area contributed by atoms with E-state index in [9.17, 15) is 0 Å². The van der Waals surface area contributed by atoms with Gasteiger partial charge in [0.05, 0.1) is 24.3 Å². The lowest BCUT2D eigenvalue weighted by Gasteiger charge is -2.21. The number of ether oxygens (including phenoxy) is 1. The molecule has 2 saturated heterocycles. The lowest BCUT2D eigenvalue weighted by atomic mass is 10.1. The maximum atomic E-state index is 8.89. The van der Waals surface area contributed by atoms with Crippen LogP contribution in [0.4, 0.5) is 0 Å². The van der Waals surface area contributed by atoms with Crippen LogP contribution >= 0.6 is 11.8 Å². The molecule has 0 aliphatic carbocycles. The highest BCUT2D eigenvalue weighted by molar-refractivity contribution is 7.99. The van der Waals surface area contributed by atoms with Crippen LogP contribution in [0.15, 0.2) is 24.3 Å². The Morgan fingerprint density at radius 3 is 3.18 bits per heavy atom. The van der Waals surface area contributed by atoms with Crippen LogP contribution < -0.4 is 0 Å². The van der Waals surface area contributed by atoms with E-state index in [-0.39, 0.29) is 0 Å². The predicted molar refractivity (Wildman–Crippen MR) is 67.6 cm³/mol. The molecule has 4 heteroatoms. The Morgan fingerprint density at radius 1 is 1.53 bits per heavy atom. The van der Waals surface area contributed by atoms with Gasteiger partial charge in [0.15, 0.2) is 0 Å². The van der Waals surface area contributed by atoms with Crippen molar-refractivity contribution in [3.63, 3.8) is 0 Å². The molecule has 2 aliphatic rings. The van der Waals surface area contributed by atoms with E-state index < -0.39 is 0 Å². The highest BCUT2D eigenvalue weighted by Gasteiger charge is 2.39. The number of thioether (sulfide) groups is 1. The monoisotopic (exact) mass is 246 g/mol. The van der Waals surface area contributed by atoms with Crippen molar-refractivity contribution in [3.05, 3.63) is 35.4 Å². The third-order valence-corrected chi connectivity index (χ3v) is 4.34. The molecule has 0 amide bonds. The molecule has 2 heterocycles. The molecular weight excluding hydrogens is 232 g/mol. The average Bonchev–Trinajstić information content (AvgIpc) is 3.11. The van der Waals surface area contributed by atoms with Gasteiger partial charge in [-0.1, -0.05) is 12.1 Å². The summed E-state index contributed by atoms with van der Waals surface area (Å²) in [6.45, 7) is 1.84. The zero-order valence-electron chi connectivity index (χ0n) is 9.50. The van der Waals surface area contributed by atoms with E-state index >= 15 is 0 Å². The maximum absolute atomic E-state index is 8.89. The second-order valence-corrected chi connectivity index (χ2v) is 5.50. The van der Waals surface area contributed by atoms with E-state index in [0.29, 0.717) is 12.1 Å². The SMILES string of the molecule is N#Cc1cccc(CN2CSCC2C2CO2)c1. The van der Waals surface area contributed by atoms with Crippen molar-refractivity contribution < 1.29 is 4.74 Å². The van der Waals surface area contributed by atoms with Crippen molar-refractivity contribution in [1.29, 1.82) is 5.26 Å². The maximum Gasteiger partial charge on any atom is 0.0991 e. The third kappa shape index (κ3) is 2.47. The highest BCUT2D eigenvalue weighted by Crippen LogP contribution is 2.31. The summed E-state index contributed by atoms with van der Waals surface area (Å²) in [4.78, 5) is 2.46. The Bertz CT molecular complexity index is 453. The largest absolute Gasteiger partial charge is 0.371 e. The fraction of sp³-hybridized carbons (Fsp3) is 0.462. The van der Waals surface area contributed by atoms with Gasteiger partial charge in [-0.05, 0) is 17.7 Å². The molecular formula is C13H14N2OS. The molecule has 0 N–H and O–H groups in total. The summed E-state index contributed by atoms with van der Waals surface area (Å²) in [5, 5.41) is 8.89. The zero-order valence-corrected chi connectivity index (χ0v) is 10.3. The van der Waals surface area contributed by atoms with Crippen LogP contribution in [0.1, 0.15) is 11.1 Å². The van der Waals surface area contributed by atoms with Crippen molar-refractivity contribution >= 4 is 11.8 Å². The summed E-state index contributed by atoms with van der Waals surface area (Å²) in [6.07, 6.45) is 0.448. The molecule has 0 spiro atoms. The van der Waals surface area contributed by atoms with Gasteiger partial charge in [-0.25, -0.2) is 0 Å². The van der Waals surface area contributed by atoms with E-state index in [2.05, 4.69) is 17.0 Å². The van der Waals surface area contributed by atoms with E-state index in [0.717, 1.165) is 24.6 Å². The quantitative estimate of drug-likeness (QED) is 0.763. The van der Waals surface area contributed by atoms with Crippen molar-refractivity contribution in [2.24, 2.45) is 0 Å². The van der Waals surface area contributed by atoms with Gasteiger partial charge in [-0.3, -0.25) is 4.90 Å². The van der Waals surface area contributed by atoms with Gasteiger partial charge in [-0.2, -0.15) is 5.26 Å². The lowest BCUT2D eigenvalue weighted by Crippen LogP contribution is -2.34. The van der Waals surface area contributed by atoms with E-state index in [1.807, 2.05) is 30.0 Å². The van der Waals surface area contributed by atoms with Crippen LogP contribution in [0, 0.1) is 11.3 Å². The Morgan fingerprint density at radius 2 is 2.41 bits per heavy atom. The van der Waals surface area contributed by atoms with Crippen LogP contribution in [-0.4, -0.2) is 35.3 Å². The molecule has 2 fully saturated rings. The van der Waals surface area contributed by atoms with Crippen LogP contribution in [0.25, 0.3) is 0 Å². The van der Waals surface area contributed by atoms with Gasteiger partial charge < -0.3 is 4.74 Å². The number of rotatable bonds is 3. The number of epoxide rings is 1. The zero-order chi connectivity index (χ0) is 11.7. The number of hydrogen-bond acceptors (Lipinski definition) is 4. The Kier molecular flexibility index (Phi) is 3.06. The van der Waals surface area contributed by atoms with Crippen LogP contribution in [-0.2, 0) is 11.3 Å². The van der Waals surface area contributed by atoms with E-state index in [1.165, 1.54) is 11.3 Å². The first-order chi connectivity index (χ1) is 8.36. The molecule has 0 saturated carbocycles. The summed E-state index contributed by atoms with van der Waals surface area (Å²) in [5.41, 5.74) is 1.96. The topological polar surface area (TPSA) is 39.6 Å². The first kappa shape index (κ1) is 11.1. The molecule has 0 aromatic heterocycles. The standard InChI is InChI=1S/C13H14N2OS/c14-5-10-2-1-3-11(4-10)6-15-9-17-8-12(15)13-7-16-13/h1-4,12-13H,6-9H2.